The number of thiophene rings is 1. The van der Waals surface area contributed by atoms with Gasteiger partial charge < -0.3 is 5.11 Å². The van der Waals surface area contributed by atoms with Crippen LogP contribution in [0, 0.1) is 6.92 Å². The number of carboxylic acids is 1. The molecule has 0 radical (unpaired) electrons. The second-order valence-electron chi connectivity index (χ2n) is 4.23. The highest BCUT2D eigenvalue weighted by Crippen LogP contribution is 2.26. The molecule has 0 saturated carbocycles. The Labute approximate surface area is 130 Å². The number of aromatic carboxylic acids is 1. The van der Waals surface area contributed by atoms with Crippen LogP contribution in [0.25, 0.3) is 0 Å². The summed E-state index contributed by atoms with van der Waals surface area (Å²) in [5.41, 5.74) is 0. The van der Waals surface area contributed by atoms with Crippen molar-refractivity contribution in [2.75, 3.05) is 0 Å². The molecule has 114 valence electrons. The second kappa shape index (κ2) is 6.22. The summed E-state index contributed by atoms with van der Waals surface area (Å²) < 4.78 is 26.9. The number of carboxylic acid groups (broad SMARTS) is 1. The van der Waals surface area contributed by atoms with Gasteiger partial charge in [0, 0.05) is 16.0 Å². The molecule has 0 unspecified atom stereocenters. The molecule has 0 fully saturated rings. The van der Waals surface area contributed by atoms with Crippen molar-refractivity contribution < 1.29 is 18.3 Å². The van der Waals surface area contributed by atoms with Crippen molar-refractivity contribution in [1.82, 2.24) is 9.71 Å². The first-order chi connectivity index (χ1) is 9.83. The Morgan fingerprint density at radius 3 is 2.67 bits per heavy atom. The third-order valence-electron chi connectivity index (χ3n) is 2.74. The molecular weight excluding hydrogens is 332 g/mol. The Kier molecular flexibility index (Phi) is 4.77. The molecule has 0 aliphatic heterocycles. The summed E-state index contributed by atoms with van der Waals surface area (Å²) >= 11 is 2.40. The third-order valence-corrected chi connectivity index (χ3v) is 6.57. The van der Waals surface area contributed by atoms with Crippen LogP contribution in [0.3, 0.4) is 0 Å². The summed E-state index contributed by atoms with van der Waals surface area (Å²) in [5.74, 6) is -1.13. The van der Waals surface area contributed by atoms with E-state index in [0.29, 0.717) is 9.88 Å². The van der Waals surface area contributed by atoms with E-state index in [1.165, 1.54) is 17.4 Å². The Balaban J connectivity index is 2.16. The normalized spacial score (nSPS) is 11.7. The topological polar surface area (TPSA) is 96.4 Å². The van der Waals surface area contributed by atoms with Crippen molar-refractivity contribution in [3.63, 3.8) is 0 Å². The minimum atomic E-state index is -3.74. The lowest BCUT2D eigenvalue weighted by Gasteiger charge is -2.04. The third kappa shape index (κ3) is 3.67. The maximum absolute atomic E-state index is 12.2. The molecule has 2 N–H and O–H groups in total. The number of hydrogen-bond donors (Lipinski definition) is 2. The second-order valence-corrected chi connectivity index (χ2v) is 8.43. The summed E-state index contributed by atoms with van der Waals surface area (Å²) in [4.78, 5) is 16.6. The fourth-order valence-electron chi connectivity index (χ4n) is 1.67. The van der Waals surface area contributed by atoms with Crippen LogP contribution in [-0.4, -0.2) is 24.5 Å². The van der Waals surface area contributed by atoms with Crippen LogP contribution in [0.4, 0.5) is 0 Å². The van der Waals surface area contributed by atoms with Gasteiger partial charge in [0.1, 0.15) is 9.88 Å². The fourth-order valence-corrected chi connectivity index (χ4v) is 4.97. The van der Waals surface area contributed by atoms with Gasteiger partial charge >= 0.3 is 5.97 Å². The lowest BCUT2D eigenvalue weighted by atomic mass is 10.4. The summed E-state index contributed by atoms with van der Waals surface area (Å²) in [7, 11) is -3.74. The summed E-state index contributed by atoms with van der Waals surface area (Å²) in [5, 5.41) is 9.60. The van der Waals surface area contributed by atoms with Crippen LogP contribution in [0.5, 0.6) is 0 Å². The van der Waals surface area contributed by atoms with Crippen LogP contribution >= 0.6 is 22.7 Å². The number of hydrogen-bond acceptors (Lipinski definition) is 6. The van der Waals surface area contributed by atoms with Crippen molar-refractivity contribution >= 4 is 38.7 Å². The van der Waals surface area contributed by atoms with Crippen molar-refractivity contribution in [1.29, 1.82) is 0 Å². The van der Waals surface area contributed by atoms with E-state index in [4.69, 9.17) is 5.11 Å². The van der Waals surface area contributed by atoms with Gasteiger partial charge in [-0.25, -0.2) is 22.9 Å². The highest BCUT2D eigenvalue weighted by molar-refractivity contribution is 7.89. The van der Waals surface area contributed by atoms with Crippen molar-refractivity contribution in [2.45, 2.75) is 31.7 Å². The summed E-state index contributed by atoms with van der Waals surface area (Å²) in [6.45, 7) is 3.69. The number of nitrogens with zero attached hydrogens (tertiary/aromatic N) is 1. The first-order valence-electron chi connectivity index (χ1n) is 6.10. The minimum absolute atomic E-state index is 0.00962. The van der Waals surface area contributed by atoms with Crippen molar-refractivity contribution in [2.24, 2.45) is 0 Å². The molecule has 6 nitrogen and oxygen atoms in total. The Hall–Kier alpha value is -1.29. The van der Waals surface area contributed by atoms with Crippen LogP contribution in [-0.2, 0) is 23.0 Å². The molecule has 9 heteroatoms. The predicted octanol–water partition coefficient (Wildman–Crippen LogP) is 2.25. The Bertz CT molecular complexity index is 761. The molecule has 0 atom stereocenters. The van der Waals surface area contributed by atoms with Gasteiger partial charge in [-0.1, -0.05) is 6.92 Å². The lowest BCUT2D eigenvalue weighted by molar-refractivity contribution is 0.0702. The lowest BCUT2D eigenvalue weighted by Crippen LogP contribution is -2.23. The highest BCUT2D eigenvalue weighted by Gasteiger charge is 2.22. The average molecular weight is 346 g/mol. The quantitative estimate of drug-likeness (QED) is 0.836. The molecule has 0 aliphatic carbocycles. The maximum Gasteiger partial charge on any atom is 0.345 e. The van der Waals surface area contributed by atoms with Gasteiger partial charge in [-0.15, -0.1) is 22.7 Å². The highest BCUT2D eigenvalue weighted by atomic mass is 32.2. The number of sulfonamides is 1. The van der Waals surface area contributed by atoms with E-state index in [1.807, 2.05) is 6.92 Å². The van der Waals surface area contributed by atoms with Crippen LogP contribution in [0.2, 0.25) is 0 Å². The van der Waals surface area contributed by atoms with E-state index < -0.39 is 16.0 Å². The fraction of sp³-hybridized carbons (Fsp3) is 0.333. The number of thiazole rings is 1. The zero-order valence-corrected chi connectivity index (χ0v) is 13.9. The first kappa shape index (κ1) is 16.1. The minimum Gasteiger partial charge on any atom is -0.477 e. The van der Waals surface area contributed by atoms with Gasteiger partial charge in [0.05, 0.1) is 11.4 Å². The molecule has 0 aromatic carbocycles. The predicted molar refractivity (Wildman–Crippen MR) is 81.5 cm³/mol. The van der Waals surface area contributed by atoms with Crippen molar-refractivity contribution in [3.05, 3.63) is 31.9 Å². The molecule has 0 aliphatic rings. The average Bonchev–Trinajstić information content (AvgIpc) is 3.03. The SMILES string of the molecule is CCc1cnc(CNS(=O)(=O)c2cc(C(=O)O)sc2C)s1. The van der Waals surface area contributed by atoms with Gasteiger partial charge in [-0.05, 0) is 19.4 Å². The molecule has 0 spiro atoms. The molecule has 0 amide bonds. The molecule has 2 aromatic rings. The van der Waals surface area contributed by atoms with E-state index in [9.17, 15) is 13.2 Å². The molecule has 21 heavy (non-hydrogen) atoms. The Morgan fingerprint density at radius 1 is 1.43 bits per heavy atom. The maximum atomic E-state index is 12.2. The standard InChI is InChI=1S/C12H14N2O4S3/c1-3-8-5-13-11(20-8)6-14-21(17,18)10-4-9(12(15)16)19-7(10)2/h4-5,14H,3,6H2,1-2H3,(H,15,16). The number of aromatic nitrogens is 1. The van der Waals surface area contributed by atoms with E-state index >= 15 is 0 Å². The number of carbonyl (C=O) groups is 1. The van der Waals surface area contributed by atoms with Gasteiger partial charge in [-0.2, -0.15) is 0 Å². The zero-order chi connectivity index (χ0) is 15.6. The van der Waals surface area contributed by atoms with Gasteiger partial charge in [0.15, 0.2) is 0 Å². The van der Waals surface area contributed by atoms with E-state index in [2.05, 4.69) is 9.71 Å². The number of nitrogens with one attached hydrogen (secondary N) is 1. The first-order valence-corrected chi connectivity index (χ1v) is 9.22. The van der Waals surface area contributed by atoms with E-state index in [-0.39, 0.29) is 16.3 Å². The van der Waals surface area contributed by atoms with Gasteiger partial charge in [0.25, 0.3) is 0 Å². The molecule has 2 aromatic heterocycles. The van der Waals surface area contributed by atoms with Crippen LogP contribution in [0.1, 0.15) is 31.4 Å². The zero-order valence-electron chi connectivity index (χ0n) is 11.4. The molecule has 2 heterocycles. The van der Waals surface area contributed by atoms with Crippen molar-refractivity contribution in [3.8, 4) is 0 Å². The summed E-state index contributed by atoms with van der Waals surface area (Å²) in [6, 6.07) is 1.18. The molecule has 2 rings (SSSR count). The molecular formula is C12H14N2O4S3. The smallest absolute Gasteiger partial charge is 0.345 e. The monoisotopic (exact) mass is 346 g/mol. The molecule has 0 bridgehead atoms. The van der Waals surface area contributed by atoms with Crippen LogP contribution < -0.4 is 4.72 Å². The van der Waals surface area contributed by atoms with Gasteiger partial charge in [-0.3, -0.25) is 0 Å². The number of rotatable bonds is 6. The molecule has 0 saturated heterocycles. The Morgan fingerprint density at radius 2 is 2.14 bits per heavy atom. The largest absolute Gasteiger partial charge is 0.477 e. The van der Waals surface area contributed by atoms with Gasteiger partial charge in [0.2, 0.25) is 10.0 Å². The van der Waals surface area contributed by atoms with E-state index in [1.54, 1.807) is 13.1 Å². The number of aryl methyl sites for hydroxylation is 2. The summed E-state index contributed by atoms with van der Waals surface area (Å²) in [6.07, 6.45) is 2.59. The van der Waals surface area contributed by atoms with Crippen LogP contribution in [0.15, 0.2) is 17.2 Å². The van der Waals surface area contributed by atoms with E-state index in [0.717, 1.165) is 22.6 Å².